The SMILES string of the molecule is O=C(COc1ccc(F)c(Cl)c1)NCc1cnc2cnccn12. The van der Waals surface area contributed by atoms with Crippen molar-refractivity contribution in [1.29, 1.82) is 0 Å². The van der Waals surface area contributed by atoms with Crippen molar-refractivity contribution in [2.45, 2.75) is 6.54 Å². The summed E-state index contributed by atoms with van der Waals surface area (Å²) >= 11 is 5.64. The third kappa shape index (κ3) is 3.57. The van der Waals surface area contributed by atoms with Gasteiger partial charge in [-0.3, -0.25) is 14.2 Å². The summed E-state index contributed by atoms with van der Waals surface area (Å²) in [6.45, 7) is 0.109. The minimum Gasteiger partial charge on any atom is -0.484 e. The van der Waals surface area contributed by atoms with Crippen LogP contribution in [0.1, 0.15) is 5.69 Å². The van der Waals surface area contributed by atoms with E-state index in [9.17, 15) is 9.18 Å². The summed E-state index contributed by atoms with van der Waals surface area (Å²) in [5.41, 5.74) is 1.52. The summed E-state index contributed by atoms with van der Waals surface area (Å²) < 4.78 is 20.1. The fourth-order valence-electron chi connectivity index (χ4n) is 1.98. The minimum absolute atomic E-state index is 0.0535. The molecule has 0 spiro atoms. The molecule has 2 heterocycles. The maximum absolute atomic E-state index is 13.0. The van der Waals surface area contributed by atoms with Gasteiger partial charge in [0.15, 0.2) is 12.3 Å². The number of aromatic nitrogens is 3. The van der Waals surface area contributed by atoms with Crippen molar-refractivity contribution in [2.24, 2.45) is 0 Å². The van der Waals surface area contributed by atoms with Gasteiger partial charge in [0, 0.05) is 18.5 Å². The van der Waals surface area contributed by atoms with E-state index in [2.05, 4.69) is 15.3 Å². The van der Waals surface area contributed by atoms with E-state index in [1.165, 1.54) is 18.2 Å². The summed E-state index contributed by atoms with van der Waals surface area (Å²) in [7, 11) is 0. The lowest BCUT2D eigenvalue weighted by atomic mass is 10.3. The van der Waals surface area contributed by atoms with Gasteiger partial charge in [-0.2, -0.15) is 0 Å². The zero-order valence-corrected chi connectivity index (χ0v) is 12.6. The Morgan fingerprint density at radius 3 is 3.09 bits per heavy atom. The molecule has 0 aliphatic carbocycles. The molecule has 1 aromatic carbocycles. The lowest BCUT2D eigenvalue weighted by molar-refractivity contribution is -0.123. The average molecular weight is 335 g/mol. The highest BCUT2D eigenvalue weighted by Gasteiger charge is 2.07. The Hall–Kier alpha value is -2.67. The predicted molar refractivity (Wildman–Crippen MR) is 81.7 cm³/mol. The van der Waals surface area contributed by atoms with E-state index < -0.39 is 5.82 Å². The maximum atomic E-state index is 13.0. The molecule has 3 rings (SSSR count). The molecule has 0 aliphatic heterocycles. The highest BCUT2D eigenvalue weighted by Crippen LogP contribution is 2.20. The van der Waals surface area contributed by atoms with Crippen LogP contribution in [-0.2, 0) is 11.3 Å². The molecule has 2 aromatic heterocycles. The molecule has 0 radical (unpaired) electrons. The molecular formula is C15H12ClFN4O2. The van der Waals surface area contributed by atoms with Crippen molar-refractivity contribution in [3.8, 4) is 5.75 Å². The zero-order valence-electron chi connectivity index (χ0n) is 11.9. The van der Waals surface area contributed by atoms with Crippen LogP contribution in [0, 0.1) is 5.82 Å². The van der Waals surface area contributed by atoms with Crippen LogP contribution in [0.5, 0.6) is 5.75 Å². The summed E-state index contributed by atoms with van der Waals surface area (Å²) in [4.78, 5) is 20.0. The number of nitrogens with zero attached hydrogens (tertiary/aromatic N) is 3. The molecule has 1 amide bonds. The summed E-state index contributed by atoms with van der Waals surface area (Å²) in [6.07, 6.45) is 6.70. The first kappa shape index (κ1) is 15.2. The van der Waals surface area contributed by atoms with Gasteiger partial charge in [0.25, 0.3) is 5.91 Å². The quantitative estimate of drug-likeness (QED) is 0.777. The molecule has 0 bridgehead atoms. The Kier molecular flexibility index (Phi) is 4.38. The van der Waals surface area contributed by atoms with E-state index in [4.69, 9.17) is 16.3 Å². The molecule has 0 saturated heterocycles. The molecule has 3 aromatic rings. The predicted octanol–water partition coefficient (Wildman–Crippen LogP) is 2.22. The Morgan fingerprint density at radius 2 is 2.26 bits per heavy atom. The van der Waals surface area contributed by atoms with Crippen LogP contribution in [0.4, 0.5) is 4.39 Å². The Morgan fingerprint density at radius 1 is 1.39 bits per heavy atom. The van der Waals surface area contributed by atoms with Crippen molar-refractivity contribution in [3.05, 3.63) is 59.5 Å². The fraction of sp³-hybridized carbons (Fsp3) is 0.133. The van der Waals surface area contributed by atoms with Gasteiger partial charge in [-0.25, -0.2) is 9.37 Å². The standard InChI is InChI=1S/C15H12ClFN4O2/c16-12-5-11(1-2-13(12)17)23-9-15(22)20-7-10-6-19-14-8-18-3-4-21(10)14/h1-6,8H,7,9H2,(H,20,22). The number of hydrogen-bond acceptors (Lipinski definition) is 4. The van der Waals surface area contributed by atoms with Crippen LogP contribution >= 0.6 is 11.6 Å². The van der Waals surface area contributed by atoms with Crippen LogP contribution < -0.4 is 10.1 Å². The van der Waals surface area contributed by atoms with Gasteiger partial charge in [-0.05, 0) is 12.1 Å². The van der Waals surface area contributed by atoms with Crippen molar-refractivity contribution in [2.75, 3.05) is 6.61 Å². The van der Waals surface area contributed by atoms with Gasteiger partial charge >= 0.3 is 0 Å². The number of benzene rings is 1. The number of ether oxygens (including phenoxy) is 1. The second-order valence-corrected chi connectivity index (χ2v) is 5.10. The number of amides is 1. The number of imidazole rings is 1. The van der Waals surface area contributed by atoms with E-state index in [0.717, 1.165) is 5.69 Å². The van der Waals surface area contributed by atoms with Gasteiger partial charge in [0.05, 0.1) is 29.7 Å². The van der Waals surface area contributed by atoms with Crippen molar-refractivity contribution in [3.63, 3.8) is 0 Å². The van der Waals surface area contributed by atoms with E-state index in [1.807, 2.05) is 4.40 Å². The monoisotopic (exact) mass is 334 g/mol. The fourth-order valence-corrected chi connectivity index (χ4v) is 2.15. The molecule has 6 nitrogen and oxygen atoms in total. The van der Waals surface area contributed by atoms with Crippen LogP contribution in [0.3, 0.4) is 0 Å². The third-order valence-electron chi connectivity index (χ3n) is 3.12. The molecule has 0 fully saturated rings. The van der Waals surface area contributed by atoms with Crippen LogP contribution in [0.15, 0.2) is 43.0 Å². The normalized spacial score (nSPS) is 10.7. The number of nitrogens with one attached hydrogen (secondary N) is 1. The highest BCUT2D eigenvalue weighted by atomic mass is 35.5. The van der Waals surface area contributed by atoms with Gasteiger partial charge in [-0.1, -0.05) is 11.6 Å². The van der Waals surface area contributed by atoms with Gasteiger partial charge in [0.2, 0.25) is 0 Å². The average Bonchev–Trinajstić information content (AvgIpc) is 2.97. The summed E-state index contributed by atoms with van der Waals surface area (Å²) in [6, 6.07) is 3.91. The van der Waals surface area contributed by atoms with E-state index in [0.29, 0.717) is 17.9 Å². The molecular weight excluding hydrogens is 323 g/mol. The van der Waals surface area contributed by atoms with E-state index in [1.54, 1.807) is 24.8 Å². The van der Waals surface area contributed by atoms with Gasteiger partial charge < -0.3 is 10.1 Å². The van der Waals surface area contributed by atoms with Crippen LogP contribution in [0.25, 0.3) is 5.65 Å². The summed E-state index contributed by atoms with van der Waals surface area (Å²) in [5, 5.41) is 2.67. The third-order valence-corrected chi connectivity index (χ3v) is 3.41. The Balaban J connectivity index is 1.54. The largest absolute Gasteiger partial charge is 0.484 e. The minimum atomic E-state index is -0.537. The number of hydrogen-bond donors (Lipinski definition) is 1. The van der Waals surface area contributed by atoms with Gasteiger partial charge in [-0.15, -0.1) is 0 Å². The Bertz CT molecular complexity index is 852. The molecule has 0 saturated carbocycles. The van der Waals surface area contributed by atoms with E-state index in [-0.39, 0.29) is 17.5 Å². The molecule has 1 N–H and O–H groups in total. The van der Waals surface area contributed by atoms with Crippen molar-refractivity contribution >= 4 is 23.2 Å². The first-order chi connectivity index (χ1) is 11.1. The molecule has 118 valence electrons. The molecule has 0 aliphatic rings. The van der Waals surface area contributed by atoms with E-state index >= 15 is 0 Å². The molecule has 0 atom stereocenters. The second-order valence-electron chi connectivity index (χ2n) is 4.70. The molecule has 0 unspecified atom stereocenters. The number of fused-ring (bicyclic) bond motifs is 1. The lowest BCUT2D eigenvalue weighted by Gasteiger charge is -2.08. The van der Waals surface area contributed by atoms with Crippen molar-refractivity contribution in [1.82, 2.24) is 19.7 Å². The van der Waals surface area contributed by atoms with Crippen molar-refractivity contribution < 1.29 is 13.9 Å². The molecule has 8 heteroatoms. The number of rotatable bonds is 5. The lowest BCUT2D eigenvalue weighted by Crippen LogP contribution is -2.28. The first-order valence-corrected chi connectivity index (χ1v) is 7.12. The number of carbonyl (C=O) groups excluding carboxylic acids is 1. The first-order valence-electron chi connectivity index (χ1n) is 6.74. The smallest absolute Gasteiger partial charge is 0.258 e. The van der Waals surface area contributed by atoms with Crippen LogP contribution in [-0.4, -0.2) is 26.9 Å². The molecule has 23 heavy (non-hydrogen) atoms. The summed E-state index contributed by atoms with van der Waals surface area (Å²) in [5.74, 6) is -0.521. The topological polar surface area (TPSA) is 68.5 Å². The number of halogens is 2. The maximum Gasteiger partial charge on any atom is 0.258 e. The Labute approximate surface area is 135 Å². The zero-order chi connectivity index (χ0) is 16.2. The number of carbonyl (C=O) groups is 1. The van der Waals surface area contributed by atoms with Gasteiger partial charge in [0.1, 0.15) is 11.6 Å². The second kappa shape index (κ2) is 6.62. The highest BCUT2D eigenvalue weighted by molar-refractivity contribution is 6.30. The van der Waals surface area contributed by atoms with Crippen LogP contribution in [0.2, 0.25) is 5.02 Å².